The van der Waals surface area contributed by atoms with Crippen molar-refractivity contribution in [1.29, 1.82) is 0 Å². The highest BCUT2D eigenvalue weighted by molar-refractivity contribution is 7.91. The van der Waals surface area contributed by atoms with Crippen LogP contribution < -0.4 is 21.5 Å². The molecule has 0 aliphatic carbocycles. The van der Waals surface area contributed by atoms with Gasteiger partial charge in [0.25, 0.3) is 0 Å². The number of alkyl halides is 6. The van der Waals surface area contributed by atoms with Gasteiger partial charge in [-0.1, -0.05) is 12.1 Å². The van der Waals surface area contributed by atoms with E-state index in [2.05, 4.69) is 25.3 Å². The Morgan fingerprint density at radius 2 is 1.54 bits per heavy atom. The normalized spacial score (nSPS) is 15.3. The number of nitrogens with zero attached hydrogens (tertiary/aromatic N) is 1. The number of thiophene rings is 1. The van der Waals surface area contributed by atoms with E-state index in [0.717, 1.165) is 11.5 Å². The summed E-state index contributed by atoms with van der Waals surface area (Å²) in [5.41, 5.74) is 9.99. The van der Waals surface area contributed by atoms with Gasteiger partial charge < -0.3 is 29.6 Å². The van der Waals surface area contributed by atoms with Crippen LogP contribution in [0.3, 0.4) is 0 Å². The number of nitrogens with one attached hydrogen (secondary N) is 1. The zero-order valence-electron chi connectivity index (χ0n) is 25.8. The molecule has 2 heterocycles. The number of esters is 2. The number of hydrogen-bond acceptors (Lipinski definition) is 13. The number of methoxy groups -OCH3 is 2. The number of halogens is 6. The first kappa shape index (κ1) is 39.8. The lowest BCUT2D eigenvalue weighted by molar-refractivity contribution is -0.275. The van der Waals surface area contributed by atoms with Gasteiger partial charge in [-0.05, 0) is 58.5 Å². The zero-order chi connectivity index (χ0) is 37.7. The van der Waals surface area contributed by atoms with Crippen LogP contribution in [0.4, 0.5) is 31.1 Å². The van der Waals surface area contributed by atoms with Crippen molar-refractivity contribution < 1.29 is 72.9 Å². The first-order valence-corrected chi connectivity index (χ1v) is 16.3. The molecule has 1 unspecified atom stereocenters. The average molecular weight is 759 g/mol. The highest BCUT2D eigenvalue weighted by Crippen LogP contribution is 2.34. The van der Waals surface area contributed by atoms with E-state index in [9.17, 15) is 53.9 Å². The van der Waals surface area contributed by atoms with Crippen LogP contribution in [-0.4, -0.2) is 82.3 Å². The van der Waals surface area contributed by atoms with E-state index in [1.165, 1.54) is 36.6 Å². The lowest BCUT2D eigenvalue weighted by Gasteiger charge is -2.28. The summed E-state index contributed by atoms with van der Waals surface area (Å²) in [6.07, 6.45) is -11.9. The van der Waals surface area contributed by atoms with E-state index >= 15 is 0 Å². The first-order chi connectivity index (χ1) is 23.1. The van der Waals surface area contributed by atoms with Gasteiger partial charge in [0.2, 0.25) is 5.91 Å². The number of likely N-dealkylation sites (tertiary alicyclic amines) is 1. The van der Waals surface area contributed by atoms with E-state index < -0.39 is 68.8 Å². The summed E-state index contributed by atoms with van der Waals surface area (Å²) >= 11 is 0.406. The van der Waals surface area contributed by atoms with Gasteiger partial charge in [0, 0.05) is 13.1 Å². The van der Waals surface area contributed by atoms with Gasteiger partial charge in [-0.25, -0.2) is 22.8 Å². The fourth-order valence-electron chi connectivity index (χ4n) is 4.28. The van der Waals surface area contributed by atoms with Crippen molar-refractivity contribution in [2.45, 2.75) is 42.2 Å². The van der Waals surface area contributed by atoms with E-state index in [-0.39, 0.29) is 30.0 Å². The number of primary amides is 1. The molecule has 2 amide bonds. The molecule has 3 aromatic rings. The predicted molar refractivity (Wildman–Crippen MR) is 161 cm³/mol. The second-order valence-electron chi connectivity index (χ2n) is 10.2. The molecule has 50 heavy (non-hydrogen) atoms. The van der Waals surface area contributed by atoms with Gasteiger partial charge in [-0.3, -0.25) is 15.8 Å². The van der Waals surface area contributed by atoms with Gasteiger partial charge >= 0.3 is 36.3 Å². The lowest BCUT2D eigenvalue weighted by Crippen LogP contribution is -2.49. The average Bonchev–Trinajstić information content (AvgIpc) is 3.65. The Morgan fingerprint density at radius 1 is 0.960 bits per heavy atom. The van der Waals surface area contributed by atoms with E-state index in [1.807, 2.05) is 0 Å². The molecule has 5 N–H and O–H groups in total. The Bertz CT molecular complexity index is 1820. The van der Waals surface area contributed by atoms with Crippen LogP contribution in [0.2, 0.25) is 0 Å². The molecule has 0 saturated carbocycles. The molecule has 1 aliphatic heterocycles. The van der Waals surface area contributed by atoms with Crippen LogP contribution in [0.15, 0.2) is 52.7 Å². The number of carbonyl (C=O) groups is 4. The van der Waals surface area contributed by atoms with Gasteiger partial charge in [-0.2, -0.15) is 26.3 Å². The molecule has 274 valence electrons. The predicted octanol–water partition coefficient (Wildman–Crippen LogP) is 3.02. The fraction of sp³-hybridized carbons (Fsp3) is 0.357. The van der Waals surface area contributed by atoms with Crippen LogP contribution >= 0.6 is 11.3 Å². The standard InChI is InChI=1S/C26H23F6N3O8S2.C2H5NO2/c1-41-17-4-2-15-3-5-18(10-16(15)9-17)45(39,40)13-34-19-6-7-35(21(19)36)11-14-8-20(44-12-14)26(33,42-22(37)24(27,28)29)43-23(38)25(30,31)32;1-5-2(3)4/h2-5,8-10,12,19,34H,6-7,11,13,33H2,1H3;1H3,(H2,3,4). The van der Waals surface area contributed by atoms with Gasteiger partial charge in [0.1, 0.15) is 16.5 Å². The molecular weight excluding hydrogens is 730 g/mol. The van der Waals surface area contributed by atoms with Crippen molar-refractivity contribution in [3.05, 3.63) is 58.3 Å². The summed E-state index contributed by atoms with van der Waals surface area (Å²) < 4.78 is 120. The summed E-state index contributed by atoms with van der Waals surface area (Å²) in [6.45, 7) is -0.124. The van der Waals surface area contributed by atoms with Crippen molar-refractivity contribution in [1.82, 2.24) is 10.2 Å². The molecule has 1 aliphatic rings. The molecule has 1 fully saturated rings. The second kappa shape index (κ2) is 15.5. The summed E-state index contributed by atoms with van der Waals surface area (Å²) in [5, 5.41) is 5.30. The van der Waals surface area contributed by atoms with Crippen LogP contribution in [-0.2, 0) is 50.9 Å². The van der Waals surface area contributed by atoms with Crippen LogP contribution in [0.5, 0.6) is 5.75 Å². The Kier molecular flexibility index (Phi) is 12.3. The molecule has 2 aromatic carbocycles. The first-order valence-electron chi connectivity index (χ1n) is 13.7. The van der Waals surface area contributed by atoms with E-state index in [4.69, 9.17) is 10.5 Å². The quantitative estimate of drug-likeness (QED) is 0.155. The zero-order valence-corrected chi connectivity index (χ0v) is 27.4. The Balaban J connectivity index is 0.00000126. The number of hydrogen-bond donors (Lipinski definition) is 3. The number of benzene rings is 2. The number of sulfone groups is 1. The Morgan fingerprint density at radius 3 is 2.08 bits per heavy atom. The monoisotopic (exact) mass is 758 g/mol. The van der Waals surface area contributed by atoms with Crippen molar-refractivity contribution >= 4 is 55.9 Å². The third-order valence-corrected chi connectivity index (χ3v) is 9.31. The molecule has 1 atom stereocenters. The van der Waals surface area contributed by atoms with Crippen LogP contribution in [0.25, 0.3) is 10.8 Å². The lowest BCUT2D eigenvalue weighted by atomic mass is 10.1. The van der Waals surface area contributed by atoms with Gasteiger partial charge in [0.15, 0.2) is 9.84 Å². The van der Waals surface area contributed by atoms with Crippen molar-refractivity contribution in [3.63, 3.8) is 0 Å². The molecule has 4 rings (SSSR count). The van der Waals surface area contributed by atoms with Crippen LogP contribution in [0, 0.1) is 0 Å². The molecular formula is C28H28F6N4O10S2. The number of fused-ring (bicyclic) bond motifs is 1. The second-order valence-corrected chi connectivity index (χ2v) is 13.1. The highest BCUT2D eigenvalue weighted by atomic mass is 32.2. The number of ether oxygens (including phenoxy) is 4. The van der Waals surface area contributed by atoms with Gasteiger partial charge in [-0.15, -0.1) is 11.3 Å². The topological polar surface area (TPSA) is 207 Å². The minimum atomic E-state index is -5.69. The number of carbonyl (C=O) groups excluding carboxylic acids is 4. The summed E-state index contributed by atoms with van der Waals surface area (Å²) in [4.78, 5) is 45.6. The molecule has 1 aromatic heterocycles. The molecule has 0 spiro atoms. The third-order valence-electron chi connectivity index (χ3n) is 6.72. The van der Waals surface area contributed by atoms with E-state index in [0.29, 0.717) is 22.5 Å². The molecule has 0 radical (unpaired) electrons. The number of amides is 2. The van der Waals surface area contributed by atoms with Crippen LogP contribution in [0.1, 0.15) is 16.9 Å². The maximum Gasteiger partial charge on any atom is 0.491 e. The molecule has 1 saturated heterocycles. The smallest absolute Gasteiger partial charge is 0.491 e. The minimum Gasteiger partial charge on any atom is -0.497 e. The van der Waals surface area contributed by atoms with Crippen molar-refractivity contribution in [2.75, 3.05) is 26.6 Å². The number of rotatable bonds is 10. The van der Waals surface area contributed by atoms with Gasteiger partial charge in [0.05, 0.1) is 25.2 Å². The molecule has 14 nitrogen and oxygen atoms in total. The summed E-state index contributed by atoms with van der Waals surface area (Å²) in [7, 11) is -1.19. The maximum absolute atomic E-state index is 13.0. The number of nitrogens with two attached hydrogens (primary N) is 2. The SMILES string of the molecule is COC(N)=O.COc1ccc2ccc(S(=O)(=O)CNC3CCN(Cc4csc(C(N)(OC(=O)C(F)(F)F)OC(=O)C(F)(F)F)c4)C3=O)cc2c1. The minimum absolute atomic E-state index is 0.00609. The van der Waals surface area contributed by atoms with Crippen molar-refractivity contribution in [2.24, 2.45) is 11.5 Å². The third kappa shape index (κ3) is 10.2. The molecule has 0 bridgehead atoms. The highest BCUT2D eigenvalue weighted by Gasteiger charge is 2.52. The largest absolute Gasteiger partial charge is 0.497 e. The fourth-order valence-corrected chi connectivity index (χ4v) is 6.33. The maximum atomic E-state index is 13.0. The molecule has 22 heteroatoms. The van der Waals surface area contributed by atoms with E-state index in [1.54, 1.807) is 24.3 Å². The Hall–Kier alpha value is -4.67. The summed E-state index contributed by atoms with van der Waals surface area (Å²) in [6, 6.07) is 9.68. The van der Waals surface area contributed by atoms with Crippen molar-refractivity contribution in [3.8, 4) is 5.75 Å². The Labute approximate surface area is 283 Å². The summed E-state index contributed by atoms with van der Waals surface area (Å²) in [5.74, 6) is -10.2.